The van der Waals surface area contributed by atoms with Gasteiger partial charge in [0.05, 0.1) is 11.4 Å². The Bertz CT molecular complexity index is 1290. The fraction of sp³-hybridized carbons (Fsp3) is 0. The number of pyridine rings is 1. The number of carbonyl (C=O) groups excluding carboxylic acids is 1. The van der Waals surface area contributed by atoms with E-state index in [0.717, 1.165) is 11.3 Å². The fourth-order valence-corrected chi connectivity index (χ4v) is 2.99. The summed E-state index contributed by atoms with van der Waals surface area (Å²) < 4.78 is 15.5. The first-order valence-corrected chi connectivity index (χ1v) is 9.39. The molecule has 6 nitrogen and oxygen atoms in total. The highest BCUT2D eigenvalue weighted by Crippen LogP contribution is 2.25. The third-order valence-corrected chi connectivity index (χ3v) is 4.49. The van der Waals surface area contributed by atoms with Crippen LogP contribution >= 0.6 is 0 Å². The van der Waals surface area contributed by atoms with Crippen molar-refractivity contribution >= 4 is 17.7 Å². The van der Waals surface area contributed by atoms with Gasteiger partial charge >= 0.3 is 0 Å². The lowest BCUT2D eigenvalue weighted by molar-refractivity contribution is -0.112. The first-order valence-electron chi connectivity index (χ1n) is 9.39. The number of halogens is 1. The molecule has 7 heteroatoms. The Morgan fingerprint density at radius 1 is 1.06 bits per heavy atom. The largest absolute Gasteiger partial charge is 0.319 e. The van der Waals surface area contributed by atoms with E-state index in [1.807, 2.05) is 42.5 Å². The zero-order valence-corrected chi connectivity index (χ0v) is 16.2. The number of nitriles is 1. The van der Waals surface area contributed by atoms with E-state index >= 15 is 0 Å². The standard InChI is InChI=1S/C24H16FN5O/c25-21-10-4-5-11-22(21)28-24(31)18(14-26)13-19-16-30(20-8-2-1-3-9-20)29-23(19)17-7-6-12-27-15-17/h1-13,15-16H,(H,28,31)/b18-13-. The number of rotatable bonds is 5. The van der Waals surface area contributed by atoms with Crippen molar-refractivity contribution in [2.45, 2.75) is 0 Å². The minimum absolute atomic E-state index is 0.00103. The summed E-state index contributed by atoms with van der Waals surface area (Å²) >= 11 is 0. The molecule has 4 rings (SSSR count). The summed E-state index contributed by atoms with van der Waals surface area (Å²) in [6.45, 7) is 0. The highest BCUT2D eigenvalue weighted by atomic mass is 19.1. The van der Waals surface area contributed by atoms with Gasteiger partial charge in [-0.3, -0.25) is 9.78 Å². The van der Waals surface area contributed by atoms with E-state index in [9.17, 15) is 14.4 Å². The number of nitrogens with zero attached hydrogens (tertiary/aromatic N) is 4. The molecule has 0 radical (unpaired) electrons. The molecular weight excluding hydrogens is 393 g/mol. The maximum Gasteiger partial charge on any atom is 0.266 e. The summed E-state index contributed by atoms with van der Waals surface area (Å²) in [6, 6.07) is 20.7. The Balaban J connectivity index is 1.75. The van der Waals surface area contributed by atoms with Crippen molar-refractivity contribution in [2.24, 2.45) is 0 Å². The summed E-state index contributed by atoms with van der Waals surface area (Å²) in [7, 11) is 0. The van der Waals surface area contributed by atoms with Gasteiger partial charge < -0.3 is 5.32 Å². The smallest absolute Gasteiger partial charge is 0.266 e. The van der Waals surface area contributed by atoms with E-state index in [4.69, 9.17) is 0 Å². The van der Waals surface area contributed by atoms with Crippen LogP contribution in [-0.4, -0.2) is 20.7 Å². The number of hydrogen-bond donors (Lipinski definition) is 1. The molecule has 1 amide bonds. The van der Waals surface area contributed by atoms with Crippen molar-refractivity contribution in [1.29, 1.82) is 5.26 Å². The fourth-order valence-electron chi connectivity index (χ4n) is 2.99. The average molecular weight is 409 g/mol. The highest BCUT2D eigenvalue weighted by Gasteiger charge is 2.16. The SMILES string of the molecule is N#C/C(=C/c1cn(-c2ccccc2)nc1-c1cccnc1)C(=O)Nc1ccccc1F. The van der Waals surface area contributed by atoms with Crippen molar-refractivity contribution in [3.63, 3.8) is 0 Å². The number of amides is 1. The van der Waals surface area contributed by atoms with Crippen molar-refractivity contribution in [2.75, 3.05) is 5.32 Å². The molecule has 0 aliphatic carbocycles. The van der Waals surface area contributed by atoms with Crippen LogP contribution in [0.3, 0.4) is 0 Å². The van der Waals surface area contributed by atoms with Crippen molar-refractivity contribution in [1.82, 2.24) is 14.8 Å². The van der Waals surface area contributed by atoms with Gasteiger partial charge in [-0.15, -0.1) is 0 Å². The Morgan fingerprint density at radius 3 is 2.55 bits per heavy atom. The molecule has 0 aliphatic heterocycles. The van der Waals surface area contributed by atoms with Crippen LogP contribution in [0.4, 0.5) is 10.1 Å². The average Bonchev–Trinajstić information content (AvgIpc) is 3.24. The molecule has 4 aromatic rings. The first kappa shape index (κ1) is 19.7. The highest BCUT2D eigenvalue weighted by molar-refractivity contribution is 6.10. The van der Waals surface area contributed by atoms with Crippen LogP contribution < -0.4 is 5.32 Å². The molecule has 0 bridgehead atoms. The lowest BCUT2D eigenvalue weighted by atomic mass is 10.1. The molecule has 0 aliphatic rings. The molecule has 0 saturated heterocycles. The third-order valence-electron chi connectivity index (χ3n) is 4.49. The predicted octanol–water partition coefficient (Wildman–Crippen LogP) is 4.62. The monoisotopic (exact) mass is 409 g/mol. The maximum absolute atomic E-state index is 13.9. The molecule has 2 aromatic heterocycles. The number of anilines is 1. The predicted molar refractivity (Wildman–Crippen MR) is 115 cm³/mol. The molecule has 0 fully saturated rings. The molecule has 0 saturated carbocycles. The number of aromatic nitrogens is 3. The molecular formula is C24H16FN5O. The van der Waals surface area contributed by atoms with Crippen molar-refractivity contribution in [3.8, 4) is 23.0 Å². The summed E-state index contributed by atoms with van der Waals surface area (Å²) in [5.74, 6) is -1.29. The second kappa shape index (κ2) is 8.84. The summed E-state index contributed by atoms with van der Waals surface area (Å²) in [6.07, 6.45) is 6.46. The van der Waals surface area contributed by atoms with Crippen LogP contribution in [0.1, 0.15) is 5.56 Å². The number of carbonyl (C=O) groups is 1. The van der Waals surface area contributed by atoms with Gasteiger partial charge in [-0.25, -0.2) is 9.07 Å². The maximum atomic E-state index is 13.9. The lowest BCUT2D eigenvalue weighted by Crippen LogP contribution is -2.14. The second-order valence-corrected chi connectivity index (χ2v) is 6.56. The van der Waals surface area contributed by atoms with Crippen molar-refractivity contribution < 1.29 is 9.18 Å². The molecule has 150 valence electrons. The number of benzene rings is 2. The molecule has 0 unspecified atom stereocenters. The minimum Gasteiger partial charge on any atom is -0.319 e. The molecule has 2 heterocycles. The quantitative estimate of drug-likeness (QED) is 0.385. The molecule has 31 heavy (non-hydrogen) atoms. The third kappa shape index (κ3) is 4.38. The van der Waals surface area contributed by atoms with Gasteiger partial charge in [0.25, 0.3) is 5.91 Å². The van der Waals surface area contributed by atoms with Crippen LogP contribution in [-0.2, 0) is 4.79 Å². The topological polar surface area (TPSA) is 83.6 Å². The Kier molecular flexibility index (Phi) is 5.63. The lowest BCUT2D eigenvalue weighted by Gasteiger charge is -2.05. The molecule has 2 aromatic carbocycles. The van der Waals surface area contributed by atoms with Crippen LogP contribution in [0.25, 0.3) is 23.0 Å². The van der Waals surface area contributed by atoms with E-state index in [1.54, 1.807) is 35.4 Å². The molecule has 1 N–H and O–H groups in total. The van der Waals surface area contributed by atoms with Gasteiger partial charge in [0.2, 0.25) is 0 Å². The van der Waals surface area contributed by atoms with E-state index in [-0.39, 0.29) is 11.3 Å². The van der Waals surface area contributed by atoms with E-state index in [2.05, 4.69) is 15.4 Å². The van der Waals surface area contributed by atoms with Gasteiger partial charge in [-0.1, -0.05) is 30.3 Å². The van der Waals surface area contributed by atoms with Gasteiger partial charge in [0, 0.05) is 29.7 Å². The van der Waals surface area contributed by atoms with E-state index in [1.165, 1.54) is 24.3 Å². The summed E-state index contributed by atoms with van der Waals surface area (Å²) in [4.78, 5) is 16.7. The molecule has 0 spiro atoms. The normalized spacial score (nSPS) is 11.0. The Labute approximate surface area is 177 Å². The van der Waals surface area contributed by atoms with Gasteiger partial charge in [0.15, 0.2) is 0 Å². The first-order chi connectivity index (χ1) is 15.2. The van der Waals surface area contributed by atoms with E-state index in [0.29, 0.717) is 11.3 Å². The second-order valence-electron chi connectivity index (χ2n) is 6.56. The summed E-state index contributed by atoms with van der Waals surface area (Å²) in [5, 5.41) is 16.6. The zero-order chi connectivity index (χ0) is 21.6. The van der Waals surface area contributed by atoms with Gasteiger partial charge in [0.1, 0.15) is 23.2 Å². The van der Waals surface area contributed by atoms with Gasteiger partial charge in [-0.2, -0.15) is 10.4 Å². The summed E-state index contributed by atoms with van der Waals surface area (Å²) in [5.41, 5.74) is 2.49. The van der Waals surface area contributed by atoms with Gasteiger partial charge in [-0.05, 0) is 42.5 Å². The van der Waals surface area contributed by atoms with E-state index < -0.39 is 11.7 Å². The molecule has 0 atom stereocenters. The minimum atomic E-state index is -0.711. The van der Waals surface area contributed by atoms with Crippen LogP contribution in [0.5, 0.6) is 0 Å². The number of hydrogen-bond acceptors (Lipinski definition) is 4. The van der Waals surface area contributed by atoms with Crippen LogP contribution in [0.2, 0.25) is 0 Å². The van der Waals surface area contributed by atoms with Crippen molar-refractivity contribution in [3.05, 3.63) is 102 Å². The number of nitrogens with one attached hydrogen (secondary N) is 1. The number of para-hydroxylation sites is 2. The van der Waals surface area contributed by atoms with Crippen LogP contribution in [0, 0.1) is 17.1 Å². The Morgan fingerprint density at radius 2 is 1.84 bits per heavy atom. The Hall–Kier alpha value is -4.57. The zero-order valence-electron chi connectivity index (χ0n) is 16.2. The van der Waals surface area contributed by atoms with Crippen LogP contribution in [0.15, 0.2) is 90.9 Å².